The molecule has 184 valence electrons. The van der Waals surface area contributed by atoms with Crippen molar-refractivity contribution < 1.29 is 23.4 Å². The summed E-state index contributed by atoms with van der Waals surface area (Å²) in [6.45, 7) is 5.94. The molecule has 0 saturated carbocycles. The number of carbonyl (C=O) groups is 1. The average molecular weight is 484 g/mol. The van der Waals surface area contributed by atoms with E-state index in [4.69, 9.17) is 19.5 Å². The molecule has 0 spiro atoms. The second-order valence-corrected chi connectivity index (χ2v) is 8.27. The van der Waals surface area contributed by atoms with Crippen molar-refractivity contribution >= 4 is 17.7 Å². The van der Waals surface area contributed by atoms with E-state index in [0.717, 1.165) is 0 Å². The van der Waals surface area contributed by atoms with Gasteiger partial charge in [0.05, 0.1) is 37.4 Å². The molecule has 11 nitrogen and oxygen atoms in total. The SMILES string of the molecule is COc1c(F)ccc(OCCCNC(=O)OC(C)(C)C)c1-c1cc(Nc2cnc(C#N)cn2)n[nH]1. The predicted molar refractivity (Wildman–Crippen MR) is 125 cm³/mol. The lowest BCUT2D eigenvalue weighted by Crippen LogP contribution is -2.33. The molecule has 12 heteroatoms. The molecular formula is C23H26FN7O4. The number of alkyl carbamates (subject to hydrolysis) is 1. The number of aromatic amines is 1. The Morgan fingerprint density at radius 1 is 1.23 bits per heavy atom. The average Bonchev–Trinajstić information content (AvgIpc) is 3.26. The van der Waals surface area contributed by atoms with Gasteiger partial charge in [-0.05, 0) is 39.3 Å². The lowest BCUT2D eigenvalue weighted by Gasteiger charge is -2.19. The summed E-state index contributed by atoms with van der Waals surface area (Å²) >= 11 is 0. The topological polar surface area (TPSA) is 147 Å². The fourth-order valence-electron chi connectivity index (χ4n) is 2.97. The van der Waals surface area contributed by atoms with Crippen molar-refractivity contribution in [3.8, 4) is 28.8 Å². The Labute approximate surface area is 201 Å². The molecule has 0 aliphatic carbocycles. The van der Waals surface area contributed by atoms with E-state index < -0.39 is 17.5 Å². The molecule has 3 rings (SSSR count). The molecular weight excluding hydrogens is 457 g/mol. The van der Waals surface area contributed by atoms with Crippen molar-refractivity contribution in [2.75, 3.05) is 25.6 Å². The number of aromatic nitrogens is 4. The number of carbonyl (C=O) groups excluding carboxylic acids is 1. The molecule has 0 unspecified atom stereocenters. The highest BCUT2D eigenvalue weighted by atomic mass is 19.1. The number of ether oxygens (including phenoxy) is 3. The molecule has 0 saturated heterocycles. The van der Waals surface area contributed by atoms with Crippen LogP contribution in [0, 0.1) is 17.1 Å². The van der Waals surface area contributed by atoms with Crippen LogP contribution in [0.4, 0.5) is 20.8 Å². The maximum atomic E-state index is 14.5. The zero-order valence-corrected chi connectivity index (χ0v) is 19.8. The van der Waals surface area contributed by atoms with Crippen LogP contribution in [0.25, 0.3) is 11.3 Å². The standard InChI is InChI=1S/C23H26FN7O4/c1-23(2,3)35-22(32)26-8-5-9-34-17-7-6-15(24)21(33-4)20(17)16-10-18(31-30-16)29-19-13-27-14(11-25)12-28-19/h6-7,10,12-13H,5,8-9H2,1-4H3,(H,26,32)(H2,28,29,30,31). The predicted octanol–water partition coefficient (Wildman–Crippen LogP) is 3.92. The van der Waals surface area contributed by atoms with E-state index in [9.17, 15) is 9.18 Å². The third-order valence-electron chi connectivity index (χ3n) is 4.39. The Bertz CT molecular complexity index is 1200. The molecule has 0 aliphatic heterocycles. The van der Waals surface area contributed by atoms with Gasteiger partial charge in [0.25, 0.3) is 0 Å². The highest BCUT2D eigenvalue weighted by molar-refractivity contribution is 5.76. The zero-order valence-electron chi connectivity index (χ0n) is 19.8. The summed E-state index contributed by atoms with van der Waals surface area (Å²) in [4.78, 5) is 19.8. The van der Waals surface area contributed by atoms with Crippen LogP contribution >= 0.6 is 0 Å². The summed E-state index contributed by atoms with van der Waals surface area (Å²) in [5.74, 6) is 0.556. The number of rotatable bonds is 9. The Morgan fingerprint density at radius 2 is 2.03 bits per heavy atom. The number of nitrogens with one attached hydrogen (secondary N) is 3. The molecule has 3 N–H and O–H groups in total. The van der Waals surface area contributed by atoms with Gasteiger partial charge >= 0.3 is 6.09 Å². The molecule has 3 aromatic rings. The monoisotopic (exact) mass is 483 g/mol. The van der Waals surface area contributed by atoms with Crippen LogP contribution in [0.15, 0.2) is 30.6 Å². The summed E-state index contributed by atoms with van der Waals surface area (Å²) in [5.41, 5.74) is 0.391. The summed E-state index contributed by atoms with van der Waals surface area (Å²) in [6.07, 6.45) is 2.71. The number of anilines is 2. The molecule has 2 aromatic heterocycles. The first kappa shape index (κ1) is 25.2. The van der Waals surface area contributed by atoms with Crippen LogP contribution in [0.5, 0.6) is 11.5 Å². The van der Waals surface area contributed by atoms with Crippen molar-refractivity contribution in [2.45, 2.75) is 32.8 Å². The van der Waals surface area contributed by atoms with Crippen molar-refractivity contribution in [3.05, 3.63) is 42.1 Å². The van der Waals surface area contributed by atoms with E-state index in [1.165, 1.54) is 31.6 Å². The second-order valence-electron chi connectivity index (χ2n) is 8.27. The van der Waals surface area contributed by atoms with Crippen LogP contribution in [-0.2, 0) is 4.74 Å². The van der Waals surface area contributed by atoms with Gasteiger partial charge in [-0.15, -0.1) is 0 Å². The van der Waals surface area contributed by atoms with Crippen LogP contribution < -0.4 is 20.1 Å². The van der Waals surface area contributed by atoms with Crippen molar-refractivity contribution in [2.24, 2.45) is 0 Å². The molecule has 0 bridgehead atoms. The Kier molecular flexibility index (Phi) is 8.04. The third-order valence-corrected chi connectivity index (χ3v) is 4.39. The minimum atomic E-state index is -0.579. The number of methoxy groups -OCH3 is 1. The zero-order chi connectivity index (χ0) is 25.4. The minimum absolute atomic E-state index is 0.0113. The van der Waals surface area contributed by atoms with Gasteiger partial charge in [-0.1, -0.05) is 0 Å². The van der Waals surface area contributed by atoms with Crippen molar-refractivity contribution in [1.82, 2.24) is 25.5 Å². The molecule has 0 aliphatic rings. The van der Waals surface area contributed by atoms with Gasteiger partial charge in [-0.3, -0.25) is 5.10 Å². The number of halogens is 1. The highest BCUT2D eigenvalue weighted by Crippen LogP contribution is 2.40. The highest BCUT2D eigenvalue weighted by Gasteiger charge is 2.20. The van der Waals surface area contributed by atoms with E-state index in [1.807, 2.05) is 6.07 Å². The number of nitriles is 1. The minimum Gasteiger partial charge on any atom is -0.493 e. The summed E-state index contributed by atoms with van der Waals surface area (Å²) in [7, 11) is 1.36. The maximum absolute atomic E-state index is 14.5. The number of benzene rings is 1. The van der Waals surface area contributed by atoms with E-state index in [-0.39, 0.29) is 18.1 Å². The fourth-order valence-corrected chi connectivity index (χ4v) is 2.97. The summed E-state index contributed by atoms with van der Waals surface area (Å²) in [6, 6.07) is 6.27. The molecule has 0 fully saturated rings. The molecule has 35 heavy (non-hydrogen) atoms. The number of H-pyrrole nitrogens is 1. The van der Waals surface area contributed by atoms with Gasteiger partial charge in [0.1, 0.15) is 23.2 Å². The Morgan fingerprint density at radius 3 is 2.69 bits per heavy atom. The lowest BCUT2D eigenvalue weighted by atomic mass is 10.1. The van der Waals surface area contributed by atoms with Crippen molar-refractivity contribution in [1.29, 1.82) is 5.26 Å². The normalized spacial score (nSPS) is 10.9. The number of hydrogen-bond acceptors (Lipinski definition) is 9. The van der Waals surface area contributed by atoms with E-state index in [0.29, 0.717) is 41.6 Å². The summed E-state index contributed by atoms with van der Waals surface area (Å²) in [5, 5.41) is 21.4. The van der Waals surface area contributed by atoms with E-state index in [2.05, 4.69) is 30.8 Å². The molecule has 1 amide bonds. The number of amides is 1. The van der Waals surface area contributed by atoms with E-state index >= 15 is 0 Å². The van der Waals surface area contributed by atoms with Gasteiger partial charge in [0, 0.05) is 12.6 Å². The first-order valence-electron chi connectivity index (χ1n) is 10.7. The maximum Gasteiger partial charge on any atom is 0.407 e. The molecule has 0 atom stereocenters. The Balaban J connectivity index is 1.69. The van der Waals surface area contributed by atoms with Gasteiger partial charge in [-0.25, -0.2) is 19.2 Å². The van der Waals surface area contributed by atoms with Gasteiger partial charge < -0.3 is 24.8 Å². The van der Waals surface area contributed by atoms with Crippen LogP contribution in [0.2, 0.25) is 0 Å². The van der Waals surface area contributed by atoms with Crippen LogP contribution in [-0.4, -0.2) is 52.1 Å². The first-order valence-corrected chi connectivity index (χ1v) is 10.7. The first-order chi connectivity index (χ1) is 16.7. The number of hydrogen-bond donors (Lipinski definition) is 3. The number of nitrogens with zero attached hydrogens (tertiary/aromatic N) is 4. The molecule has 0 radical (unpaired) electrons. The third kappa shape index (κ3) is 7.04. The van der Waals surface area contributed by atoms with Gasteiger partial charge in [-0.2, -0.15) is 10.4 Å². The van der Waals surface area contributed by atoms with Gasteiger partial charge in [0.15, 0.2) is 23.1 Å². The smallest absolute Gasteiger partial charge is 0.407 e. The molecule has 2 heterocycles. The van der Waals surface area contributed by atoms with E-state index in [1.54, 1.807) is 26.8 Å². The Hall–Kier alpha value is -4.40. The fraction of sp³-hybridized carbons (Fsp3) is 0.348. The largest absolute Gasteiger partial charge is 0.493 e. The quantitative estimate of drug-likeness (QED) is 0.385. The van der Waals surface area contributed by atoms with Crippen LogP contribution in [0.1, 0.15) is 32.9 Å². The van der Waals surface area contributed by atoms with Crippen molar-refractivity contribution in [3.63, 3.8) is 0 Å². The molecule has 1 aromatic carbocycles. The van der Waals surface area contributed by atoms with Gasteiger partial charge in [0.2, 0.25) is 0 Å². The summed E-state index contributed by atoms with van der Waals surface area (Å²) < 4.78 is 30.8. The van der Waals surface area contributed by atoms with Crippen LogP contribution in [0.3, 0.4) is 0 Å². The lowest BCUT2D eigenvalue weighted by molar-refractivity contribution is 0.0525. The second kappa shape index (κ2) is 11.1.